The van der Waals surface area contributed by atoms with Crippen LogP contribution < -0.4 is 0 Å². The van der Waals surface area contributed by atoms with E-state index >= 15 is 0 Å². The highest BCUT2D eigenvalue weighted by atomic mass is 14.0. The van der Waals surface area contributed by atoms with Gasteiger partial charge in [-0.15, -0.1) is 0 Å². The molecule has 0 heteroatoms. The summed E-state index contributed by atoms with van der Waals surface area (Å²) in [6.07, 6.45) is 0. The van der Waals surface area contributed by atoms with E-state index in [0.717, 1.165) is 0 Å². The Balaban J connectivity index is 0.000000141. The van der Waals surface area contributed by atoms with Crippen LogP contribution >= 0.6 is 0 Å². The Morgan fingerprint density at radius 3 is 1.21 bits per heavy atom. The molecule has 0 unspecified atom stereocenters. The van der Waals surface area contributed by atoms with Gasteiger partial charge in [0.25, 0.3) is 0 Å². The molecule has 0 spiro atoms. The summed E-state index contributed by atoms with van der Waals surface area (Å²) >= 11 is 0. The van der Waals surface area contributed by atoms with E-state index < -0.39 is 0 Å². The van der Waals surface area contributed by atoms with Crippen LogP contribution in [0.3, 0.4) is 0 Å². The maximum Gasteiger partial charge on any atom is -0.0152 e. The molecule has 4 rings (SSSR count). The molecule has 0 bridgehead atoms. The maximum absolute atomic E-state index is 2.24. The van der Waals surface area contributed by atoms with Crippen LogP contribution in [0.4, 0.5) is 0 Å². The lowest BCUT2D eigenvalue weighted by atomic mass is 10.0. The van der Waals surface area contributed by atoms with E-state index in [0.29, 0.717) is 0 Å². The van der Waals surface area contributed by atoms with Gasteiger partial charge in [-0.3, -0.25) is 0 Å². The van der Waals surface area contributed by atoms with E-state index in [1.165, 1.54) is 43.8 Å². The van der Waals surface area contributed by atoms with Gasteiger partial charge in [0, 0.05) is 0 Å². The zero-order chi connectivity index (χ0) is 17.1. The molecule has 0 aromatic heterocycles. The summed E-state index contributed by atoms with van der Waals surface area (Å²) in [6, 6.07) is 25.8. The molecule has 0 saturated heterocycles. The second kappa shape index (κ2) is 6.88. The van der Waals surface area contributed by atoms with Crippen LogP contribution in [0.5, 0.6) is 0 Å². The number of fused-ring (bicyclic) bond motifs is 2. The molecule has 0 aliphatic rings. The number of aryl methyl sites for hydroxylation is 4. The SMILES string of the molecule is Cc1cc2ccccc2cc1C.Cc1ccc(C)c2ccccc12. The predicted molar refractivity (Wildman–Crippen MR) is 107 cm³/mol. The molecule has 0 fully saturated rings. The molecule has 0 radical (unpaired) electrons. The van der Waals surface area contributed by atoms with Crippen molar-refractivity contribution in [2.24, 2.45) is 0 Å². The highest BCUT2D eigenvalue weighted by Crippen LogP contribution is 2.21. The number of benzene rings is 4. The third-order valence-corrected chi connectivity index (χ3v) is 4.72. The fourth-order valence-corrected chi connectivity index (χ4v) is 3.07. The van der Waals surface area contributed by atoms with E-state index in [2.05, 4.69) is 100 Å². The van der Waals surface area contributed by atoms with Gasteiger partial charge in [-0.25, -0.2) is 0 Å². The van der Waals surface area contributed by atoms with Crippen molar-refractivity contribution in [1.29, 1.82) is 0 Å². The summed E-state index contributed by atoms with van der Waals surface area (Å²) in [7, 11) is 0. The maximum atomic E-state index is 2.24. The van der Waals surface area contributed by atoms with Crippen molar-refractivity contribution < 1.29 is 0 Å². The van der Waals surface area contributed by atoms with Gasteiger partial charge in [-0.05, 0) is 71.5 Å². The summed E-state index contributed by atoms with van der Waals surface area (Å²) in [4.78, 5) is 0. The first kappa shape index (κ1) is 16.3. The molecule has 0 aliphatic heterocycles. The summed E-state index contributed by atoms with van der Waals surface area (Å²) in [5.41, 5.74) is 5.45. The van der Waals surface area contributed by atoms with E-state index in [1.54, 1.807) is 0 Å². The second-order valence-corrected chi connectivity index (χ2v) is 6.53. The first-order chi connectivity index (χ1) is 11.6. The summed E-state index contributed by atoms with van der Waals surface area (Å²) in [6.45, 7) is 8.62. The molecular weight excluding hydrogens is 288 g/mol. The Kier molecular flexibility index (Phi) is 4.66. The number of rotatable bonds is 0. The van der Waals surface area contributed by atoms with E-state index in [4.69, 9.17) is 0 Å². The quantitative estimate of drug-likeness (QED) is 0.331. The third kappa shape index (κ3) is 3.33. The topological polar surface area (TPSA) is 0 Å². The Hall–Kier alpha value is -2.60. The average Bonchev–Trinajstić information content (AvgIpc) is 2.60. The lowest BCUT2D eigenvalue weighted by Crippen LogP contribution is -1.80. The zero-order valence-corrected chi connectivity index (χ0v) is 14.9. The molecule has 0 atom stereocenters. The van der Waals surface area contributed by atoms with Crippen molar-refractivity contribution in [3.63, 3.8) is 0 Å². The molecule has 120 valence electrons. The largest absolute Gasteiger partial charge is 0.0616 e. The summed E-state index contributed by atoms with van der Waals surface area (Å²) in [5, 5.41) is 5.41. The molecule has 0 heterocycles. The molecule has 24 heavy (non-hydrogen) atoms. The van der Waals surface area contributed by atoms with Crippen LogP contribution in [0.2, 0.25) is 0 Å². The first-order valence-electron chi connectivity index (χ1n) is 8.47. The molecule has 0 N–H and O–H groups in total. The van der Waals surface area contributed by atoms with E-state index in [9.17, 15) is 0 Å². The van der Waals surface area contributed by atoms with E-state index in [1.807, 2.05) is 0 Å². The first-order valence-corrected chi connectivity index (χ1v) is 8.47. The minimum atomic E-state index is 1.33. The highest BCUT2D eigenvalue weighted by Gasteiger charge is 1.97. The second-order valence-electron chi connectivity index (χ2n) is 6.53. The van der Waals surface area contributed by atoms with Gasteiger partial charge in [-0.1, -0.05) is 72.8 Å². The molecule has 4 aromatic carbocycles. The molecule has 4 aromatic rings. The Labute approximate surface area is 144 Å². The zero-order valence-electron chi connectivity index (χ0n) is 14.9. The highest BCUT2D eigenvalue weighted by molar-refractivity contribution is 5.88. The van der Waals surface area contributed by atoms with Crippen LogP contribution in [0.15, 0.2) is 72.8 Å². The van der Waals surface area contributed by atoms with Crippen LogP contribution in [-0.2, 0) is 0 Å². The van der Waals surface area contributed by atoms with Crippen molar-refractivity contribution in [1.82, 2.24) is 0 Å². The minimum Gasteiger partial charge on any atom is -0.0616 e. The van der Waals surface area contributed by atoms with E-state index in [-0.39, 0.29) is 0 Å². The predicted octanol–water partition coefficient (Wildman–Crippen LogP) is 6.91. The Bertz CT molecular complexity index is 912. The van der Waals surface area contributed by atoms with Gasteiger partial charge in [0.05, 0.1) is 0 Å². The van der Waals surface area contributed by atoms with Crippen molar-refractivity contribution in [2.75, 3.05) is 0 Å². The number of hydrogen-bond donors (Lipinski definition) is 0. The Morgan fingerprint density at radius 1 is 0.417 bits per heavy atom. The fourth-order valence-electron chi connectivity index (χ4n) is 3.07. The van der Waals surface area contributed by atoms with Crippen LogP contribution in [0.1, 0.15) is 22.3 Å². The van der Waals surface area contributed by atoms with Gasteiger partial charge in [0.15, 0.2) is 0 Å². The van der Waals surface area contributed by atoms with Gasteiger partial charge >= 0.3 is 0 Å². The monoisotopic (exact) mass is 312 g/mol. The van der Waals surface area contributed by atoms with Gasteiger partial charge in [0.2, 0.25) is 0 Å². The lowest BCUT2D eigenvalue weighted by Gasteiger charge is -2.03. The standard InChI is InChI=1S/2C12H12/c1-9-7-11-5-3-4-6-12(11)8-10(9)2;1-9-7-8-10(2)12-6-4-3-5-11(9)12/h2*3-8H,1-2H3. The fraction of sp³-hybridized carbons (Fsp3) is 0.167. The smallest absolute Gasteiger partial charge is 0.0152 e. The van der Waals surface area contributed by atoms with Crippen LogP contribution in [-0.4, -0.2) is 0 Å². The molecule has 0 nitrogen and oxygen atoms in total. The normalized spacial score (nSPS) is 10.5. The lowest BCUT2D eigenvalue weighted by molar-refractivity contribution is 1.37. The van der Waals surface area contributed by atoms with Gasteiger partial charge < -0.3 is 0 Å². The minimum absolute atomic E-state index is 1.33. The third-order valence-electron chi connectivity index (χ3n) is 4.72. The number of hydrogen-bond acceptors (Lipinski definition) is 0. The summed E-state index contributed by atoms with van der Waals surface area (Å²) < 4.78 is 0. The van der Waals surface area contributed by atoms with Gasteiger partial charge in [0.1, 0.15) is 0 Å². The van der Waals surface area contributed by atoms with Crippen molar-refractivity contribution in [3.05, 3.63) is 95.1 Å². The van der Waals surface area contributed by atoms with Gasteiger partial charge in [-0.2, -0.15) is 0 Å². The molecule has 0 aliphatic carbocycles. The van der Waals surface area contributed by atoms with Crippen molar-refractivity contribution >= 4 is 21.5 Å². The molecular formula is C24H24. The average molecular weight is 312 g/mol. The Morgan fingerprint density at radius 2 is 0.792 bits per heavy atom. The van der Waals surface area contributed by atoms with Crippen LogP contribution in [0.25, 0.3) is 21.5 Å². The summed E-state index contributed by atoms with van der Waals surface area (Å²) in [5.74, 6) is 0. The van der Waals surface area contributed by atoms with Crippen molar-refractivity contribution in [2.45, 2.75) is 27.7 Å². The van der Waals surface area contributed by atoms with Crippen LogP contribution in [0, 0.1) is 27.7 Å². The molecule has 0 saturated carbocycles. The van der Waals surface area contributed by atoms with Crippen molar-refractivity contribution in [3.8, 4) is 0 Å². The molecule has 0 amide bonds.